The highest BCUT2D eigenvalue weighted by Gasteiger charge is 2.23. The molecule has 1 fully saturated rings. The number of carbonyl (C=O) groups is 1. The van der Waals surface area contributed by atoms with Crippen LogP contribution in [0, 0.1) is 0 Å². The fourth-order valence-corrected chi connectivity index (χ4v) is 3.03. The summed E-state index contributed by atoms with van der Waals surface area (Å²) in [6.45, 7) is 1.69. The molecule has 1 saturated heterocycles. The maximum Gasteiger partial charge on any atom is 0.158 e. The largest absolute Gasteiger partial charge is 0.386 e. The van der Waals surface area contributed by atoms with Crippen LogP contribution in [-0.2, 0) is 9.53 Å². The van der Waals surface area contributed by atoms with Gasteiger partial charge in [0.15, 0.2) is 5.78 Å². The van der Waals surface area contributed by atoms with Crippen molar-refractivity contribution in [1.82, 2.24) is 5.32 Å². The molecule has 20 heavy (non-hydrogen) atoms. The number of nitrogens with one attached hydrogen (secondary N) is 1. The lowest BCUT2D eigenvalue weighted by Gasteiger charge is -2.24. The number of carbonyl (C=O) groups excluding carboxylic acids is 1. The monoisotopic (exact) mass is 271 g/mol. The van der Waals surface area contributed by atoms with Crippen LogP contribution in [0.25, 0.3) is 0 Å². The lowest BCUT2D eigenvalue weighted by Crippen LogP contribution is -2.29. The molecule has 0 amide bonds. The van der Waals surface area contributed by atoms with E-state index in [1.54, 1.807) is 6.08 Å². The summed E-state index contributed by atoms with van der Waals surface area (Å²) in [5, 5.41) is 3.41. The second-order valence-electron chi connectivity index (χ2n) is 5.67. The Hall–Kier alpha value is -1.61. The maximum absolute atomic E-state index is 11.9. The Morgan fingerprint density at radius 2 is 2.05 bits per heavy atom. The molecule has 1 aliphatic heterocycles. The van der Waals surface area contributed by atoms with E-state index < -0.39 is 0 Å². The van der Waals surface area contributed by atoms with Gasteiger partial charge in [0, 0.05) is 31.3 Å². The molecule has 1 N–H and O–H groups in total. The molecule has 1 heterocycles. The van der Waals surface area contributed by atoms with Gasteiger partial charge in [0.2, 0.25) is 0 Å². The van der Waals surface area contributed by atoms with Crippen molar-refractivity contribution in [3.05, 3.63) is 47.7 Å². The van der Waals surface area contributed by atoms with Crippen molar-refractivity contribution in [1.29, 1.82) is 0 Å². The average molecular weight is 271 g/mol. The summed E-state index contributed by atoms with van der Waals surface area (Å²) < 4.78 is 5.61. The van der Waals surface area contributed by atoms with Gasteiger partial charge in [-0.2, -0.15) is 0 Å². The van der Waals surface area contributed by atoms with E-state index in [4.69, 9.17) is 4.74 Å². The summed E-state index contributed by atoms with van der Waals surface area (Å²) in [5.74, 6) is 0.528. The molecular weight excluding hydrogens is 250 g/mol. The van der Waals surface area contributed by atoms with Gasteiger partial charge >= 0.3 is 0 Å². The number of allylic oxidation sites excluding steroid dienone is 2. The zero-order valence-corrected chi connectivity index (χ0v) is 11.7. The van der Waals surface area contributed by atoms with Crippen LogP contribution >= 0.6 is 0 Å². The Morgan fingerprint density at radius 1 is 1.20 bits per heavy atom. The molecule has 2 atom stereocenters. The van der Waals surface area contributed by atoms with Crippen LogP contribution < -0.4 is 5.32 Å². The SMILES string of the molecule is O=C1C=C(NC[C@@H]2CCCO2)C[C@@H](c2ccccc2)C1. The summed E-state index contributed by atoms with van der Waals surface area (Å²) in [7, 11) is 0. The third kappa shape index (κ3) is 3.28. The van der Waals surface area contributed by atoms with Crippen molar-refractivity contribution in [2.24, 2.45) is 0 Å². The first-order valence-corrected chi connectivity index (χ1v) is 7.45. The van der Waals surface area contributed by atoms with Gasteiger partial charge in [-0.3, -0.25) is 4.79 Å². The number of benzene rings is 1. The van der Waals surface area contributed by atoms with Gasteiger partial charge in [0.1, 0.15) is 0 Å². The molecule has 1 aliphatic carbocycles. The fraction of sp³-hybridized carbons (Fsp3) is 0.471. The Kier molecular flexibility index (Phi) is 4.16. The first-order valence-electron chi connectivity index (χ1n) is 7.45. The summed E-state index contributed by atoms with van der Waals surface area (Å²) in [5.41, 5.74) is 2.32. The van der Waals surface area contributed by atoms with E-state index in [-0.39, 0.29) is 5.78 Å². The van der Waals surface area contributed by atoms with Crippen LogP contribution in [0.1, 0.15) is 37.2 Å². The molecule has 0 radical (unpaired) electrons. The van der Waals surface area contributed by atoms with E-state index in [1.807, 2.05) is 18.2 Å². The fourth-order valence-electron chi connectivity index (χ4n) is 3.03. The van der Waals surface area contributed by atoms with Gasteiger partial charge < -0.3 is 10.1 Å². The highest BCUT2D eigenvalue weighted by Crippen LogP contribution is 2.30. The van der Waals surface area contributed by atoms with Crippen LogP contribution in [0.5, 0.6) is 0 Å². The van der Waals surface area contributed by atoms with Gasteiger partial charge in [0.05, 0.1) is 6.10 Å². The minimum Gasteiger partial charge on any atom is -0.386 e. The quantitative estimate of drug-likeness (QED) is 0.915. The van der Waals surface area contributed by atoms with Crippen molar-refractivity contribution < 1.29 is 9.53 Å². The topological polar surface area (TPSA) is 38.3 Å². The maximum atomic E-state index is 11.9. The first-order chi connectivity index (χ1) is 9.81. The van der Waals surface area contributed by atoms with Gasteiger partial charge in [-0.05, 0) is 30.7 Å². The number of ketones is 1. The van der Waals surface area contributed by atoms with Crippen molar-refractivity contribution in [2.75, 3.05) is 13.2 Å². The number of hydrogen-bond donors (Lipinski definition) is 1. The Labute approximate surface area is 120 Å². The third-order valence-electron chi connectivity index (χ3n) is 4.10. The molecule has 3 nitrogen and oxygen atoms in total. The van der Waals surface area contributed by atoms with Crippen molar-refractivity contribution >= 4 is 5.78 Å². The molecule has 0 saturated carbocycles. The zero-order chi connectivity index (χ0) is 13.8. The minimum atomic E-state index is 0.222. The van der Waals surface area contributed by atoms with Crippen LogP contribution in [0.4, 0.5) is 0 Å². The highest BCUT2D eigenvalue weighted by atomic mass is 16.5. The van der Waals surface area contributed by atoms with Crippen molar-refractivity contribution in [3.8, 4) is 0 Å². The van der Waals surface area contributed by atoms with E-state index in [0.717, 1.165) is 38.1 Å². The summed E-state index contributed by atoms with van der Waals surface area (Å²) >= 11 is 0. The molecule has 106 valence electrons. The molecule has 0 bridgehead atoms. The van der Waals surface area contributed by atoms with Gasteiger partial charge in [0.25, 0.3) is 0 Å². The smallest absolute Gasteiger partial charge is 0.158 e. The van der Waals surface area contributed by atoms with Crippen LogP contribution in [-0.4, -0.2) is 25.0 Å². The van der Waals surface area contributed by atoms with Crippen molar-refractivity contribution in [3.63, 3.8) is 0 Å². The van der Waals surface area contributed by atoms with Crippen LogP contribution in [0.3, 0.4) is 0 Å². The number of rotatable bonds is 4. The van der Waals surface area contributed by atoms with Gasteiger partial charge in [-0.15, -0.1) is 0 Å². The summed E-state index contributed by atoms with van der Waals surface area (Å²) in [6.07, 6.45) is 5.89. The van der Waals surface area contributed by atoms with E-state index >= 15 is 0 Å². The predicted octanol–water partition coefficient (Wildman–Crippen LogP) is 2.79. The minimum absolute atomic E-state index is 0.222. The third-order valence-corrected chi connectivity index (χ3v) is 4.10. The number of ether oxygens (including phenoxy) is 1. The molecule has 0 aromatic heterocycles. The van der Waals surface area contributed by atoms with Crippen LogP contribution in [0.2, 0.25) is 0 Å². The molecule has 0 unspecified atom stereocenters. The lowest BCUT2D eigenvalue weighted by atomic mass is 9.85. The summed E-state index contributed by atoms with van der Waals surface area (Å²) in [6, 6.07) is 10.3. The average Bonchev–Trinajstić information content (AvgIpc) is 2.99. The molecule has 3 heteroatoms. The Morgan fingerprint density at radius 3 is 2.80 bits per heavy atom. The molecule has 2 aliphatic rings. The molecule has 0 spiro atoms. The predicted molar refractivity (Wildman–Crippen MR) is 78.5 cm³/mol. The van der Waals surface area contributed by atoms with Crippen molar-refractivity contribution in [2.45, 2.75) is 37.7 Å². The van der Waals surface area contributed by atoms with Crippen LogP contribution in [0.15, 0.2) is 42.1 Å². The zero-order valence-electron chi connectivity index (χ0n) is 11.7. The molecular formula is C17H21NO2. The van der Waals surface area contributed by atoms with E-state index in [1.165, 1.54) is 5.56 Å². The van der Waals surface area contributed by atoms with E-state index in [0.29, 0.717) is 18.4 Å². The van der Waals surface area contributed by atoms with Gasteiger partial charge in [-0.25, -0.2) is 0 Å². The van der Waals surface area contributed by atoms with Gasteiger partial charge in [-0.1, -0.05) is 30.3 Å². The lowest BCUT2D eigenvalue weighted by molar-refractivity contribution is -0.115. The molecule has 3 rings (SSSR count). The summed E-state index contributed by atoms with van der Waals surface area (Å²) in [4.78, 5) is 11.9. The Bertz CT molecular complexity index is 489. The molecule has 1 aromatic rings. The second-order valence-corrected chi connectivity index (χ2v) is 5.67. The first kappa shape index (κ1) is 13.4. The van der Waals surface area contributed by atoms with E-state index in [2.05, 4.69) is 17.4 Å². The standard InChI is InChI=1S/C17H21NO2/c19-16-10-14(13-5-2-1-3-6-13)9-15(11-16)18-12-17-7-4-8-20-17/h1-3,5-6,11,14,17-18H,4,7-10,12H2/t14-,17+/m1/s1. The normalized spacial score (nSPS) is 26.4. The second kappa shape index (κ2) is 6.23. The number of hydrogen-bond acceptors (Lipinski definition) is 3. The van der Waals surface area contributed by atoms with E-state index in [9.17, 15) is 4.79 Å². The molecule has 1 aromatic carbocycles. The Balaban J connectivity index is 1.61. The highest BCUT2D eigenvalue weighted by molar-refractivity contribution is 5.91.